The molecule has 0 radical (unpaired) electrons. The van der Waals surface area contributed by atoms with Gasteiger partial charge in [-0.25, -0.2) is 10.2 Å². The molecule has 1 amide bonds. The maximum Gasteiger partial charge on any atom is 0.345 e. The molecule has 6 nitrogen and oxygen atoms in total. The van der Waals surface area contributed by atoms with E-state index in [1.165, 1.54) is 18.3 Å². The topological polar surface area (TPSA) is 77.0 Å². The highest BCUT2D eigenvalue weighted by Gasteiger charge is 2.18. The van der Waals surface area contributed by atoms with Crippen molar-refractivity contribution in [2.24, 2.45) is 5.10 Å². The number of hydrogen-bond acceptors (Lipinski definition) is 5. The molecule has 4 rings (SSSR count). The third-order valence-electron chi connectivity index (χ3n) is 4.74. The van der Waals surface area contributed by atoms with Crippen LogP contribution in [-0.4, -0.2) is 18.1 Å². The molecule has 33 heavy (non-hydrogen) atoms. The maximum atomic E-state index is 12.7. The van der Waals surface area contributed by atoms with Crippen LogP contribution in [0.4, 0.5) is 0 Å². The summed E-state index contributed by atoms with van der Waals surface area (Å²) in [6.07, 6.45) is 1.38. The lowest BCUT2D eigenvalue weighted by Crippen LogP contribution is -2.18. The summed E-state index contributed by atoms with van der Waals surface area (Å²) in [6, 6.07) is 13.3. The van der Waals surface area contributed by atoms with E-state index in [1.807, 2.05) is 6.07 Å². The van der Waals surface area contributed by atoms with E-state index in [4.69, 9.17) is 32.7 Å². The highest BCUT2D eigenvalue weighted by Crippen LogP contribution is 2.33. The van der Waals surface area contributed by atoms with Crippen molar-refractivity contribution in [2.75, 3.05) is 0 Å². The van der Waals surface area contributed by atoms with E-state index in [-0.39, 0.29) is 22.2 Å². The van der Waals surface area contributed by atoms with E-state index < -0.39 is 5.97 Å². The van der Waals surface area contributed by atoms with Crippen LogP contribution < -0.4 is 10.2 Å². The zero-order valence-corrected chi connectivity index (χ0v) is 21.4. The number of esters is 1. The Hall–Kier alpha value is -2.23. The average molecular weight is 613 g/mol. The van der Waals surface area contributed by atoms with E-state index >= 15 is 0 Å². The van der Waals surface area contributed by atoms with Gasteiger partial charge in [0.25, 0.3) is 5.91 Å². The smallest absolute Gasteiger partial charge is 0.345 e. The number of hydrazone groups is 1. The lowest BCUT2D eigenvalue weighted by molar-refractivity contribution is 0.0733. The normalized spacial score (nSPS) is 12.6. The van der Waals surface area contributed by atoms with Gasteiger partial charge in [-0.1, -0.05) is 45.2 Å². The largest absolute Gasteiger partial charge is 0.421 e. The number of hydrogen-bond donors (Lipinski definition) is 1. The van der Waals surface area contributed by atoms with Crippen LogP contribution in [0.1, 0.15) is 37.4 Å². The summed E-state index contributed by atoms with van der Waals surface area (Å²) in [7, 11) is 0. The van der Waals surface area contributed by atoms with Crippen LogP contribution in [-0.2, 0) is 18.0 Å². The monoisotopic (exact) mass is 610 g/mol. The van der Waals surface area contributed by atoms with E-state index in [0.29, 0.717) is 38.3 Å². The van der Waals surface area contributed by atoms with Crippen LogP contribution >= 0.6 is 55.1 Å². The number of carbonyl (C=O) groups is 2. The Morgan fingerprint density at radius 1 is 1.03 bits per heavy atom. The molecular formula is C23H14Br2Cl2N2O4. The molecule has 1 aliphatic rings. The van der Waals surface area contributed by atoms with Crippen molar-refractivity contribution in [2.45, 2.75) is 13.2 Å². The first-order valence-corrected chi connectivity index (χ1v) is 11.9. The van der Waals surface area contributed by atoms with Gasteiger partial charge >= 0.3 is 5.97 Å². The number of nitrogens with one attached hydrogen (secondary N) is 1. The average Bonchev–Trinajstić information content (AvgIpc) is 3.23. The Morgan fingerprint density at radius 2 is 1.82 bits per heavy atom. The molecule has 0 aromatic heterocycles. The summed E-state index contributed by atoms with van der Waals surface area (Å²) in [5.74, 6) is -0.831. The van der Waals surface area contributed by atoms with Gasteiger partial charge in [-0.05, 0) is 69.5 Å². The van der Waals surface area contributed by atoms with Crippen LogP contribution in [0.25, 0.3) is 0 Å². The Balaban J connectivity index is 1.53. The fourth-order valence-electron chi connectivity index (χ4n) is 3.12. The number of benzene rings is 3. The maximum absolute atomic E-state index is 12.7. The molecule has 1 heterocycles. The minimum absolute atomic E-state index is 0.160. The summed E-state index contributed by atoms with van der Waals surface area (Å²) in [5, 5.41) is 4.60. The van der Waals surface area contributed by atoms with Crippen molar-refractivity contribution in [3.8, 4) is 5.75 Å². The van der Waals surface area contributed by atoms with Crippen LogP contribution in [0.15, 0.2) is 62.6 Å². The Kier molecular flexibility index (Phi) is 7.51. The number of rotatable bonds is 5. The molecule has 0 aliphatic carbocycles. The summed E-state index contributed by atoms with van der Waals surface area (Å²) < 4.78 is 12.2. The van der Waals surface area contributed by atoms with Gasteiger partial charge in [0.1, 0.15) is 0 Å². The number of nitrogens with zero attached hydrogens (tertiary/aromatic N) is 1. The van der Waals surface area contributed by atoms with E-state index in [9.17, 15) is 9.59 Å². The van der Waals surface area contributed by atoms with Crippen LogP contribution in [0.2, 0.25) is 10.0 Å². The second-order valence-corrected chi connectivity index (χ2v) is 9.61. The summed E-state index contributed by atoms with van der Waals surface area (Å²) in [4.78, 5) is 25.2. The molecule has 0 fully saturated rings. The molecule has 3 aromatic carbocycles. The molecule has 0 spiro atoms. The summed E-state index contributed by atoms with van der Waals surface area (Å²) in [5.41, 5.74) is 5.61. The Bertz CT molecular complexity index is 1300. The summed E-state index contributed by atoms with van der Waals surface area (Å²) >= 11 is 18.8. The number of carbonyl (C=O) groups excluding carboxylic acids is 2. The molecule has 0 atom stereocenters. The van der Waals surface area contributed by atoms with Gasteiger partial charge < -0.3 is 9.47 Å². The zero-order valence-electron chi connectivity index (χ0n) is 16.7. The molecule has 10 heteroatoms. The highest BCUT2D eigenvalue weighted by atomic mass is 79.9. The van der Waals surface area contributed by atoms with E-state index in [1.54, 1.807) is 30.3 Å². The summed E-state index contributed by atoms with van der Waals surface area (Å²) in [6.45, 7) is 1.04. The van der Waals surface area contributed by atoms with Gasteiger partial charge in [-0.2, -0.15) is 5.10 Å². The van der Waals surface area contributed by atoms with Crippen molar-refractivity contribution < 1.29 is 19.1 Å². The van der Waals surface area contributed by atoms with E-state index in [0.717, 1.165) is 11.1 Å². The van der Waals surface area contributed by atoms with Crippen LogP contribution in [0, 0.1) is 0 Å². The first-order valence-electron chi connectivity index (χ1n) is 9.51. The second kappa shape index (κ2) is 10.4. The van der Waals surface area contributed by atoms with Crippen molar-refractivity contribution >= 4 is 73.2 Å². The van der Waals surface area contributed by atoms with Gasteiger partial charge in [0.05, 0.1) is 34.5 Å². The predicted octanol–water partition coefficient (Wildman–Crippen LogP) is 6.53. The van der Waals surface area contributed by atoms with Crippen LogP contribution in [0.5, 0.6) is 5.75 Å². The molecule has 1 aliphatic heterocycles. The fourth-order valence-corrected chi connectivity index (χ4v) is 4.95. The van der Waals surface area contributed by atoms with Gasteiger partial charge in [-0.3, -0.25) is 4.79 Å². The Labute approximate surface area is 216 Å². The second-order valence-electron chi connectivity index (χ2n) is 7.00. The standard InChI is InChI=1S/C23H14Br2Cl2N2O4/c24-16-6-14(9-28-29-22(30)12-1-2-13-10-32-11-15(13)5-12)21(19(25)7-16)33-23(31)18-4-3-17(26)8-20(18)27/h1-9H,10-11H2,(H,29,30). The minimum Gasteiger partial charge on any atom is -0.421 e. The lowest BCUT2D eigenvalue weighted by Gasteiger charge is -2.11. The lowest BCUT2D eigenvalue weighted by atomic mass is 10.1. The third-order valence-corrected chi connectivity index (χ3v) is 6.33. The molecule has 3 aromatic rings. The molecule has 0 saturated heterocycles. The first-order chi connectivity index (χ1) is 15.8. The van der Waals surface area contributed by atoms with Gasteiger partial charge in [0.15, 0.2) is 5.75 Å². The molecule has 168 valence electrons. The molecule has 1 N–H and O–H groups in total. The number of halogens is 4. The Morgan fingerprint density at radius 3 is 2.61 bits per heavy atom. The zero-order chi connectivity index (χ0) is 23.5. The number of fused-ring (bicyclic) bond motifs is 1. The van der Waals surface area contributed by atoms with E-state index in [2.05, 4.69) is 42.4 Å². The molecule has 0 saturated carbocycles. The minimum atomic E-state index is -0.668. The van der Waals surface area contributed by atoms with Gasteiger partial charge in [0.2, 0.25) is 0 Å². The van der Waals surface area contributed by atoms with Gasteiger partial charge in [-0.15, -0.1) is 0 Å². The van der Waals surface area contributed by atoms with Crippen molar-refractivity contribution in [3.05, 3.63) is 95.3 Å². The number of ether oxygens (including phenoxy) is 2. The molecule has 0 unspecified atom stereocenters. The quantitative estimate of drug-likeness (QED) is 0.154. The van der Waals surface area contributed by atoms with Gasteiger partial charge in [0, 0.05) is 20.6 Å². The predicted molar refractivity (Wildman–Crippen MR) is 133 cm³/mol. The third kappa shape index (κ3) is 5.65. The van der Waals surface area contributed by atoms with Crippen molar-refractivity contribution in [3.63, 3.8) is 0 Å². The number of amides is 1. The molecular weight excluding hydrogens is 599 g/mol. The van der Waals surface area contributed by atoms with Crippen LogP contribution in [0.3, 0.4) is 0 Å². The highest BCUT2D eigenvalue weighted by molar-refractivity contribution is 9.11. The fraction of sp³-hybridized carbons (Fsp3) is 0.0870. The van der Waals surface area contributed by atoms with Crippen molar-refractivity contribution in [1.82, 2.24) is 5.43 Å². The van der Waals surface area contributed by atoms with Crippen molar-refractivity contribution in [1.29, 1.82) is 0 Å². The SMILES string of the molecule is O=C(NN=Cc1cc(Br)cc(Br)c1OC(=O)c1ccc(Cl)cc1Cl)c1ccc2c(c1)COC2. The first kappa shape index (κ1) is 23.9. The molecule has 0 bridgehead atoms.